The van der Waals surface area contributed by atoms with Crippen molar-refractivity contribution in [3.05, 3.63) is 35.4 Å². The first-order valence-corrected chi connectivity index (χ1v) is 7.00. The maximum atomic E-state index is 12.4. The second-order valence-corrected chi connectivity index (χ2v) is 6.38. The van der Waals surface area contributed by atoms with Crippen molar-refractivity contribution in [2.75, 3.05) is 13.1 Å². The number of nitrogens with two attached hydrogens (primary N) is 1. The van der Waals surface area contributed by atoms with E-state index in [-0.39, 0.29) is 5.91 Å². The Morgan fingerprint density at radius 3 is 2.26 bits per heavy atom. The van der Waals surface area contributed by atoms with Crippen LogP contribution in [0.15, 0.2) is 24.3 Å². The third-order valence-electron chi connectivity index (χ3n) is 4.13. The van der Waals surface area contributed by atoms with Crippen LogP contribution in [-0.2, 0) is 4.79 Å². The molecule has 0 aromatic heterocycles. The van der Waals surface area contributed by atoms with Gasteiger partial charge in [0.1, 0.15) is 6.04 Å². The molecule has 1 amide bonds. The van der Waals surface area contributed by atoms with E-state index in [1.807, 2.05) is 36.1 Å². The summed E-state index contributed by atoms with van der Waals surface area (Å²) in [5, 5.41) is 0. The van der Waals surface area contributed by atoms with Crippen LogP contribution in [-0.4, -0.2) is 23.9 Å². The van der Waals surface area contributed by atoms with Crippen molar-refractivity contribution < 1.29 is 4.79 Å². The topological polar surface area (TPSA) is 46.3 Å². The summed E-state index contributed by atoms with van der Waals surface area (Å²) in [5.74, 6) is 0.0550. The SMILES string of the molecule is Cc1ccc(C(N)C(=O)N2CCC(C)(C)CC2)cc1. The molecule has 0 radical (unpaired) electrons. The van der Waals surface area contributed by atoms with E-state index in [9.17, 15) is 4.79 Å². The molecule has 0 saturated carbocycles. The van der Waals surface area contributed by atoms with Crippen molar-refractivity contribution in [2.45, 2.75) is 39.7 Å². The molecule has 1 saturated heterocycles. The van der Waals surface area contributed by atoms with E-state index in [1.54, 1.807) is 0 Å². The highest BCUT2D eigenvalue weighted by atomic mass is 16.2. The lowest BCUT2D eigenvalue weighted by Gasteiger charge is -2.38. The maximum Gasteiger partial charge on any atom is 0.244 e. The predicted octanol–water partition coefficient (Wildman–Crippen LogP) is 2.64. The van der Waals surface area contributed by atoms with Gasteiger partial charge in [-0.1, -0.05) is 43.7 Å². The molecule has 19 heavy (non-hydrogen) atoms. The minimum Gasteiger partial charge on any atom is -0.341 e. The van der Waals surface area contributed by atoms with Gasteiger partial charge in [-0.05, 0) is 30.7 Å². The second-order valence-electron chi connectivity index (χ2n) is 6.38. The third kappa shape index (κ3) is 3.35. The van der Waals surface area contributed by atoms with Gasteiger partial charge in [0.2, 0.25) is 5.91 Å². The number of rotatable bonds is 2. The van der Waals surface area contributed by atoms with Crippen LogP contribution in [0.2, 0.25) is 0 Å². The van der Waals surface area contributed by atoms with E-state index in [4.69, 9.17) is 5.73 Å². The molecule has 1 aromatic rings. The average Bonchev–Trinajstić information content (AvgIpc) is 2.38. The van der Waals surface area contributed by atoms with Gasteiger partial charge >= 0.3 is 0 Å². The lowest BCUT2D eigenvalue weighted by atomic mass is 9.82. The van der Waals surface area contributed by atoms with Gasteiger partial charge in [-0.15, -0.1) is 0 Å². The smallest absolute Gasteiger partial charge is 0.244 e. The zero-order valence-corrected chi connectivity index (χ0v) is 12.1. The quantitative estimate of drug-likeness (QED) is 0.888. The van der Waals surface area contributed by atoms with Gasteiger partial charge in [-0.2, -0.15) is 0 Å². The lowest BCUT2D eigenvalue weighted by molar-refractivity contribution is -0.134. The summed E-state index contributed by atoms with van der Waals surface area (Å²) in [4.78, 5) is 14.3. The van der Waals surface area contributed by atoms with Crippen LogP contribution in [0.5, 0.6) is 0 Å². The monoisotopic (exact) mass is 260 g/mol. The number of piperidine rings is 1. The summed E-state index contributed by atoms with van der Waals surface area (Å²) in [7, 11) is 0. The van der Waals surface area contributed by atoms with E-state index >= 15 is 0 Å². The molecule has 1 aromatic carbocycles. The highest BCUT2D eigenvalue weighted by Gasteiger charge is 2.30. The largest absolute Gasteiger partial charge is 0.341 e. The van der Waals surface area contributed by atoms with Crippen LogP contribution < -0.4 is 5.73 Å². The summed E-state index contributed by atoms with van der Waals surface area (Å²) in [6.45, 7) is 8.20. The minimum absolute atomic E-state index is 0.0550. The molecule has 1 aliphatic rings. The Kier molecular flexibility index (Phi) is 3.95. The van der Waals surface area contributed by atoms with Gasteiger partial charge in [-0.3, -0.25) is 4.79 Å². The first-order valence-electron chi connectivity index (χ1n) is 7.00. The Bertz CT molecular complexity index is 440. The number of aryl methyl sites for hydroxylation is 1. The molecule has 0 bridgehead atoms. The highest BCUT2D eigenvalue weighted by molar-refractivity contribution is 5.83. The molecule has 1 fully saturated rings. The van der Waals surface area contributed by atoms with Crippen LogP contribution in [0.1, 0.15) is 43.9 Å². The molecule has 2 N–H and O–H groups in total. The first-order chi connectivity index (χ1) is 8.89. The fourth-order valence-electron chi connectivity index (χ4n) is 2.45. The van der Waals surface area contributed by atoms with Crippen molar-refractivity contribution in [1.29, 1.82) is 0 Å². The summed E-state index contributed by atoms with van der Waals surface area (Å²) in [6, 6.07) is 7.38. The van der Waals surface area contributed by atoms with Gasteiger partial charge in [0.05, 0.1) is 0 Å². The Balaban J connectivity index is 2.02. The van der Waals surface area contributed by atoms with Crippen LogP contribution in [0, 0.1) is 12.3 Å². The van der Waals surface area contributed by atoms with Crippen molar-refractivity contribution in [3.63, 3.8) is 0 Å². The lowest BCUT2D eigenvalue weighted by Crippen LogP contribution is -2.45. The van der Waals surface area contributed by atoms with Crippen LogP contribution in [0.25, 0.3) is 0 Å². The molecular weight excluding hydrogens is 236 g/mol. The van der Waals surface area contributed by atoms with Gasteiger partial charge in [0.25, 0.3) is 0 Å². The Labute approximate surface area is 115 Å². The van der Waals surface area contributed by atoms with Crippen molar-refractivity contribution in [3.8, 4) is 0 Å². The summed E-state index contributed by atoms with van der Waals surface area (Å²) >= 11 is 0. The Hall–Kier alpha value is -1.35. The van der Waals surface area contributed by atoms with Gasteiger partial charge in [0.15, 0.2) is 0 Å². The standard InChI is InChI=1S/C16H24N2O/c1-12-4-6-13(7-5-12)14(17)15(19)18-10-8-16(2,3)9-11-18/h4-7,14H,8-11,17H2,1-3H3. The number of carbonyl (C=O) groups is 1. The number of nitrogens with zero attached hydrogens (tertiary/aromatic N) is 1. The first kappa shape index (κ1) is 14.1. The summed E-state index contributed by atoms with van der Waals surface area (Å²) in [5.41, 5.74) is 8.53. The minimum atomic E-state index is -0.526. The molecular formula is C16H24N2O. The molecule has 1 atom stereocenters. The molecule has 1 unspecified atom stereocenters. The van der Waals surface area contributed by atoms with Crippen LogP contribution in [0.4, 0.5) is 0 Å². The average molecular weight is 260 g/mol. The summed E-state index contributed by atoms with van der Waals surface area (Å²) < 4.78 is 0. The second kappa shape index (κ2) is 5.33. The number of carbonyl (C=O) groups excluding carboxylic acids is 1. The summed E-state index contributed by atoms with van der Waals surface area (Å²) in [6.07, 6.45) is 2.11. The van der Waals surface area contributed by atoms with E-state index in [2.05, 4.69) is 13.8 Å². The number of hydrogen-bond donors (Lipinski definition) is 1. The zero-order valence-electron chi connectivity index (χ0n) is 12.1. The maximum absolute atomic E-state index is 12.4. The number of hydrogen-bond acceptors (Lipinski definition) is 2. The van der Waals surface area contributed by atoms with E-state index in [0.717, 1.165) is 31.5 Å². The molecule has 1 heterocycles. The van der Waals surface area contributed by atoms with E-state index in [1.165, 1.54) is 5.56 Å². The molecule has 3 nitrogen and oxygen atoms in total. The Morgan fingerprint density at radius 2 is 1.74 bits per heavy atom. The fourth-order valence-corrected chi connectivity index (χ4v) is 2.45. The normalized spacial score (nSPS) is 20.1. The van der Waals surface area contributed by atoms with Crippen molar-refractivity contribution >= 4 is 5.91 Å². The molecule has 1 aliphatic heterocycles. The van der Waals surface area contributed by atoms with Gasteiger partial charge in [-0.25, -0.2) is 0 Å². The van der Waals surface area contributed by atoms with E-state index in [0.29, 0.717) is 5.41 Å². The molecule has 2 rings (SSSR count). The molecule has 0 aliphatic carbocycles. The van der Waals surface area contributed by atoms with Crippen molar-refractivity contribution in [2.24, 2.45) is 11.1 Å². The fraction of sp³-hybridized carbons (Fsp3) is 0.562. The van der Waals surface area contributed by atoms with Gasteiger partial charge in [0, 0.05) is 13.1 Å². The number of amides is 1. The number of benzene rings is 1. The van der Waals surface area contributed by atoms with E-state index < -0.39 is 6.04 Å². The molecule has 104 valence electrons. The number of likely N-dealkylation sites (tertiary alicyclic amines) is 1. The molecule has 3 heteroatoms. The third-order valence-corrected chi connectivity index (χ3v) is 4.13. The zero-order chi connectivity index (χ0) is 14.0. The molecule has 0 spiro atoms. The Morgan fingerprint density at radius 1 is 1.21 bits per heavy atom. The van der Waals surface area contributed by atoms with Crippen molar-refractivity contribution in [1.82, 2.24) is 4.90 Å². The highest BCUT2D eigenvalue weighted by Crippen LogP contribution is 2.30. The van der Waals surface area contributed by atoms with Crippen LogP contribution in [0.3, 0.4) is 0 Å². The van der Waals surface area contributed by atoms with Crippen LogP contribution >= 0.6 is 0 Å². The predicted molar refractivity (Wildman–Crippen MR) is 77.7 cm³/mol. The van der Waals surface area contributed by atoms with Gasteiger partial charge < -0.3 is 10.6 Å².